The highest BCUT2D eigenvalue weighted by Gasteiger charge is 2.06. The molecular weight excluding hydrogens is 364 g/mol. The summed E-state index contributed by atoms with van der Waals surface area (Å²) in [5.41, 5.74) is 0. The summed E-state index contributed by atoms with van der Waals surface area (Å²) >= 11 is 0. The molecule has 0 aromatic carbocycles. The van der Waals surface area contributed by atoms with Crippen LogP contribution in [0.25, 0.3) is 0 Å². The lowest BCUT2D eigenvalue weighted by Gasteiger charge is -2.07. The Morgan fingerprint density at radius 1 is 0.793 bits per heavy atom. The number of allylic oxidation sites excluding steroid dienone is 2. The molecule has 1 atom stereocenters. The number of unbranched alkanes of at least 4 members (excludes halogenated alkanes) is 12. The molecule has 2 N–H and O–H groups in total. The zero-order valence-electron chi connectivity index (χ0n) is 19.2. The van der Waals surface area contributed by atoms with Gasteiger partial charge < -0.3 is 14.9 Å². The highest BCUT2D eigenvalue weighted by atomic mass is 16.5. The standard InChI is InChI=1S/C25H48O4/c1-23(2)19-17-15-13-11-9-7-5-3-4-6-8-10-12-14-16-18-20-25(28)29-22-24(27)21-26/h12,14,23-24,26-27H,3-11,13,15-22H2,1-2H3. The summed E-state index contributed by atoms with van der Waals surface area (Å²) in [6, 6.07) is 0. The zero-order chi connectivity index (χ0) is 21.6. The molecule has 0 amide bonds. The number of esters is 1. The molecule has 0 bridgehead atoms. The van der Waals surface area contributed by atoms with Crippen molar-refractivity contribution in [1.29, 1.82) is 0 Å². The van der Waals surface area contributed by atoms with Crippen LogP contribution in [0.4, 0.5) is 0 Å². The maximum absolute atomic E-state index is 11.4. The molecule has 0 rings (SSSR count). The lowest BCUT2D eigenvalue weighted by Crippen LogP contribution is -2.21. The average Bonchev–Trinajstić information content (AvgIpc) is 2.70. The molecule has 0 aromatic heterocycles. The lowest BCUT2D eigenvalue weighted by molar-refractivity contribution is -0.147. The van der Waals surface area contributed by atoms with Crippen molar-refractivity contribution in [3.63, 3.8) is 0 Å². The Labute approximate surface area is 180 Å². The molecule has 0 aliphatic rings. The molecule has 0 fully saturated rings. The Bertz CT molecular complexity index is 379. The largest absolute Gasteiger partial charge is 0.463 e. The minimum absolute atomic E-state index is 0.121. The van der Waals surface area contributed by atoms with Gasteiger partial charge in [-0.15, -0.1) is 0 Å². The van der Waals surface area contributed by atoms with E-state index >= 15 is 0 Å². The summed E-state index contributed by atoms with van der Waals surface area (Å²) in [4.78, 5) is 11.4. The van der Waals surface area contributed by atoms with E-state index in [0.29, 0.717) is 6.42 Å². The van der Waals surface area contributed by atoms with E-state index in [1.54, 1.807) is 0 Å². The van der Waals surface area contributed by atoms with Crippen molar-refractivity contribution in [1.82, 2.24) is 0 Å². The minimum atomic E-state index is -0.969. The van der Waals surface area contributed by atoms with Crippen LogP contribution in [0, 0.1) is 5.92 Å². The van der Waals surface area contributed by atoms with Gasteiger partial charge in [0, 0.05) is 6.42 Å². The van der Waals surface area contributed by atoms with E-state index in [4.69, 9.17) is 14.9 Å². The maximum atomic E-state index is 11.4. The van der Waals surface area contributed by atoms with E-state index in [0.717, 1.165) is 25.2 Å². The number of rotatable bonds is 21. The Morgan fingerprint density at radius 3 is 1.79 bits per heavy atom. The van der Waals surface area contributed by atoms with Crippen molar-refractivity contribution in [3.8, 4) is 0 Å². The van der Waals surface area contributed by atoms with Crippen LogP contribution in [-0.4, -0.2) is 35.5 Å². The average molecular weight is 413 g/mol. The van der Waals surface area contributed by atoms with Crippen LogP contribution in [0.3, 0.4) is 0 Å². The van der Waals surface area contributed by atoms with Crippen molar-refractivity contribution >= 4 is 5.97 Å². The molecule has 4 heteroatoms. The third-order valence-corrected chi connectivity index (χ3v) is 5.22. The molecule has 4 nitrogen and oxygen atoms in total. The lowest BCUT2D eigenvalue weighted by atomic mass is 10.0. The first-order valence-electron chi connectivity index (χ1n) is 12.2. The molecule has 0 spiro atoms. The Hall–Kier alpha value is -0.870. The second-order valence-electron chi connectivity index (χ2n) is 8.74. The van der Waals surface area contributed by atoms with Gasteiger partial charge >= 0.3 is 5.97 Å². The van der Waals surface area contributed by atoms with E-state index < -0.39 is 6.10 Å². The number of carbonyl (C=O) groups is 1. The summed E-state index contributed by atoms with van der Waals surface area (Å²) in [7, 11) is 0. The zero-order valence-corrected chi connectivity index (χ0v) is 19.2. The fourth-order valence-corrected chi connectivity index (χ4v) is 3.32. The van der Waals surface area contributed by atoms with Crippen LogP contribution < -0.4 is 0 Å². The summed E-state index contributed by atoms with van der Waals surface area (Å²) in [5, 5.41) is 17.7. The van der Waals surface area contributed by atoms with Crippen LogP contribution >= 0.6 is 0 Å². The highest BCUT2D eigenvalue weighted by molar-refractivity contribution is 5.69. The van der Waals surface area contributed by atoms with Crippen LogP contribution in [0.15, 0.2) is 12.2 Å². The van der Waals surface area contributed by atoms with Crippen molar-refractivity contribution < 1.29 is 19.7 Å². The summed E-state index contributed by atoms with van der Waals surface area (Å²) < 4.78 is 4.86. The smallest absolute Gasteiger partial charge is 0.305 e. The SMILES string of the molecule is CC(C)CCCCCCCCCCCCCC=CCCCC(=O)OCC(O)CO. The molecule has 0 saturated carbocycles. The monoisotopic (exact) mass is 412 g/mol. The van der Waals surface area contributed by atoms with Crippen molar-refractivity contribution in [2.45, 2.75) is 123 Å². The summed E-state index contributed by atoms with van der Waals surface area (Å²) in [5.74, 6) is 0.554. The topological polar surface area (TPSA) is 66.8 Å². The van der Waals surface area contributed by atoms with Crippen molar-refractivity contribution in [2.24, 2.45) is 5.92 Å². The molecule has 0 saturated heterocycles. The minimum Gasteiger partial charge on any atom is -0.463 e. The normalized spacial score (nSPS) is 12.7. The number of aliphatic hydroxyl groups excluding tert-OH is 2. The van der Waals surface area contributed by atoms with Crippen LogP contribution in [0.1, 0.15) is 117 Å². The van der Waals surface area contributed by atoms with Gasteiger partial charge in [0.05, 0.1) is 6.61 Å². The Balaban J connectivity index is 3.22. The van der Waals surface area contributed by atoms with Crippen LogP contribution in [0.2, 0.25) is 0 Å². The predicted molar refractivity (Wildman–Crippen MR) is 122 cm³/mol. The van der Waals surface area contributed by atoms with Crippen LogP contribution in [-0.2, 0) is 9.53 Å². The van der Waals surface area contributed by atoms with E-state index in [1.165, 1.54) is 77.0 Å². The van der Waals surface area contributed by atoms with Crippen molar-refractivity contribution in [3.05, 3.63) is 12.2 Å². The molecule has 0 aromatic rings. The van der Waals surface area contributed by atoms with E-state index in [1.807, 2.05) is 0 Å². The summed E-state index contributed by atoms with van der Waals surface area (Å²) in [6.07, 6.45) is 23.1. The first kappa shape index (κ1) is 28.1. The summed E-state index contributed by atoms with van der Waals surface area (Å²) in [6.45, 7) is 4.13. The molecule has 0 aliphatic carbocycles. The highest BCUT2D eigenvalue weighted by Crippen LogP contribution is 2.14. The van der Waals surface area contributed by atoms with Gasteiger partial charge in [0.15, 0.2) is 0 Å². The number of hydrogen-bond donors (Lipinski definition) is 2. The first-order chi connectivity index (χ1) is 14.1. The van der Waals surface area contributed by atoms with E-state index in [-0.39, 0.29) is 19.2 Å². The van der Waals surface area contributed by atoms with Gasteiger partial charge in [0.25, 0.3) is 0 Å². The fourth-order valence-electron chi connectivity index (χ4n) is 3.32. The van der Waals surface area contributed by atoms with Gasteiger partial charge in [0.2, 0.25) is 0 Å². The quantitative estimate of drug-likeness (QED) is 0.131. The van der Waals surface area contributed by atoms with E-state index in [9.17, 15) is 4.79 Å². The van der Waals surface area contributed by atoms with E-state index in [2.05, 4.69) is 26.0 Å². The van der Waals surface area contributed by atoms with Gasteiger partial charge in [-0.05, 0) is 31.6 Å². The number of carbonyl (C=O) groups excluding carboxylic acids is 1. The third-order valence-electron chi connectivity index (χ3n) is 5.22. The predicted octanol–water partition coefficient (Wildman–Crippen LogP) is 6.34. The molecule has 0 radical (unpaired) electrons. The van der Waals surface area contributed by atoms with Gasteiger partial charge in [-0.2, -0.15) is 0 Å². The van der Waals surface area contributed by atoms with Gasteiger partial charge in [-0.25, -0.2) is 0 Å². The molecule has 0 heterocycles. The van der Waals surface area contributed by atoms with Gasteiger partial charge in [-0.1, -0.05) is 96.6 Å². The number of hydrogen-bond acceptors (Lipinski definition) is 4. The van der Waals surface area contributed by atoms with Crippen molar-refractivity contribution in [2.75, 3.05) is 13.2 Å². The number of aliphatic hydroxyl groups is 2. The maximum Gasteiger partial charge on any atom is 0.305 e. The molecule has 0 aliphatic heterocycles. The van der Waals surface area contributed by atoms with Crippen LogP contribution in [0.5, 0.6) is 0 Å². The molecule has 1 unspecified atom stereocenters. The second-order valence-corrected chi connectivity index (χ2v) is 8.74. The van der Waals surface area contributed by atoms with Gasteiger partial charge in [-0.3, -0.25) is 4.79 Å². The number of ether oxygens (including phenoxy) is 1. The second kappa shape index (κ2) is 21.8. The third kappa shape index (κ3) is 23.3. The molecular formula is C25H48O4. The Morgan fingerprint density at radius 2 is 1.28 bits per heavy atom. The van der Waals surface area contributed by atoms with Gasteiger partial charge in [0.1, 0.15) is 12.7 Å². The molecule has 172 valence electrons. The fraction of sp³-hybridized carbons (Fsp3) is 0.880. The molecule has 29 heavy (non-hydrogen) atoms. The Kier molecular flexibility index (Phi) is 21.2. The first-order valence-corrected chi connectivity index (χ1v) is 12.2.